The Bertz CT molecular complexity index is 1300. The predicted octanol–water partition coefficient (Wildman–Crippen LogP) is 6.45. The second kappa shape index (κ2) is 12.9. The average Bonchev–Trinajstić information content (AvgIpc) is 2.96. The van der Waals surface area contributed by atoms with Crippen molar-refractivity contribution in [2.75, 3.05) is 25.0 Å². The maximum Gasteiger partial charge on any atom is 0.253 e. The van der Waals surface area contributed by atoms with E-state index < -0.39 is 0 Å². The number of hydrogen-bond donors (Lipinski definition) is 2. The number of ether oxygens (including phenoxy) is 1. The molecule has 0 radical (unpaired) electrons. The number of piperidine rings is 1. The molecule has 0 saturated carbocycles. The van der Waals surface area contributed by atoms with E-state index in [4.69, 9.17) is 4.74 Å². The number of benzene rings is 4. The number of nitrogens with one attached hydrogen (secondary N) is 2. The molecule has 1 fully saturated rings. The first kappa shape index (κ1) is 25.6. The Morgan fingerprint density at radius 1 is 0.789 bits per heavy atom. The summed E-state index contributed by atoms with van der Waals surface area (Å²) in [5.41, 5.74) is 4.91. The van der Waals surface area contributed by atoms with Crippen molar-refractivity contribution in [2.24, 2.45) is 0 Å². The number of anilines is 2. The standard InChI is InChI=1S/C33H35N3O2/c37-33(35-28-18-21-36(22-19-28)25-27-12-5-2-6-13-27)31-16-7-8-17-32(31)34-29-14-9-15-30(24-29)38-23-20-26-10-3-1-4-11-26/h1-17,24,28,34H,18-23,25H2,(H,35,37). The van der Waals surface area contributed by atoms with E-state index in [1.54, 1.807) is 0 Å². The van der Waals surface area contributed by atoms with Gasteiger partial charge in [-0.3, -0.25) is 9.69 Å². The van der Waals surface area contributed by atoms with Gasteiger partial charge in [0.2, 0.25) is 0 Å². The highest BCUT2D eigenvalue weighted by atomic mass is 16.5. The van der Waals surface area contributed by atoms with Crippen LogP contribution in [0.15, 0.2) is 109 Å². The summed E-state index contributed by atoms with van der Waals surface area (Å²) < 4.78 is 5.99. The molecule has 2 N–H and O–H groups in total. The summed E-state index contributed by atoms with van der Waals surface area (Å²) in [6.07, 6.45) is 2.76. The lowest BCUT2D eigenvalue weighted by atomic mass is 10.0. The fourth-order valence-electron chi connectivity index (χ4n) is 4.88. The smallest absolute Gasteiger partial charge is 0.253 e. The zero-order valence-electron chi connectivity index (χ0n) is 21.7. The molecule has 1 aliphatic heterocycles. The second-order valence-corrected chi connectivity index (χ2v) is 9.79. The topological polar surface area (TPSA) is 53.6 Å². The van der Waals surface area contributed by atoms with Crippen LogP contribution >= 0.6 is 0 Å². The van der Waals surface area contributed by atoms with E-state index in [1.165, 1.54) is 11.1 Å². The van der Waals surface area contributed by atoms with Crippen molar-refractivity contribution >= 4 is 17.3 Å². The van der Waals surface area contributed by atoms with Crippen LogP contribution < -0.4 is 15.4 Å². The summed E-state index contributed by atoms with van der Waals surface area (Å²) in [5, 5.41) is 6.69. The van der Waals surface area contributed by atoms with Crippen LogP contribution in [0.25, 0.3) is 0 Å². The Morgan fingerprint density at radius 2 is 1.47 bits per heavy atom. The first-order valence-corrected chi connectivity index (χ1v) is 13.4. The quantitative estimate of drug-likeness (QED) is 0.260. The minimum absolute atomic E-state index is 0.0372. The molecular formula is C33H35N3O2. The highest BCUT2D eigenvalue weighted by Crippen LogP contribution is 2.25. The third-order valence-corrected chi connectivity index (χ3v) is 6.96. The number of carbonyl (C=O) groups is 1. The van der Waals surface area contributed by atoms with Crippen molar-refractivity contribution in [3.05, 3.63) is 126 Å². The fourth-order valence-corrected chi connectivity index (χ4v) is 4.88. The van der Waals surface area contributed by atoms with Crippen molar-refractivity contribution < 1.29 is 9.53 Å². The molecule has 0 aliphatic carbocycles. The van der Waals surface area contributed by atoms with E-state index in [0.29, 0.717) is 12.2 Å². The van der Waals surface area contributed by atoms with Crippen molar-refractivity contribution in [1.82, 2.24) is 10.2 Å². The number of hydrogen-bond acceptors (Lipinski definition) is 4. The molecule has 0 unspecified atom stereocenters. The number of rotatable bonds is 10. The van der Waals surface area contributed by atoms with Crippen molar-refractivity contribution in [3.63, 3.8) is 0 Å². The summed E-state index contributed by atoms with van der Waals surface area (Å²) in [6, 6.07) is 36.6. The van der Waals surface area contributed by atoms with Gasteiger partial charge in [-0.2, -0.15) is 0 Å². The molecule has 0 aromatic heterocycles. The van der Waals surface area contributed by atoms with E-state index in [2.05, 4.69) is 58.0 Å². The van der Waals surface area contributed by atoms with E-state index in [-0.39, 0.29) is 11.9 Å². The Kier molecular flexibility index (Phi) is 8.69. The summed E-state index contributed by atoms with van der Waals surface area (Å²) in [6.45, 7) is 3.54. The van der Waals surface area contributed by atoms with Gasteiger partial charge in [-0.25, -0.2) is 0 Å². The molecule has 1 heterocycles. The lowest BCUT2D eigenvalue weighted by Gasteiger charge is -2.32. The average molecular weight is 506 g/mol. The summed E-state index contributed by atoms with van der Waals surface area (Å²) in [4.78, 5) is 15.7. The molecule has 5 heteroatoms. The van der Waals surface area contributed by atoms with Crippen LogP contribution in [0.2, 0.25) is 0 Å². The molecule has 5 rings (SSSR count). The first-order valence-electron chi connectivity index (χ1n) is 13.4. The van der Waals surface area contributed by atoms with Gasteiger partial charge >= 0.3 is 0 Å². The lowest BCUT2D eigenvalue weighted by molar-refractivity contribution is 0.0910. The third-order valence-electron chi connectivity index (χ3n) is 6.96. The van der Waals surface area contributed by atoms with Crippen molar-refractivity contribution in [1.29, 1.82) is 0 Å². The summed E-state index contributed by atoms with van der Waals surface area (Å²) in [5.74, 6) is 0.764. The molecule has 0 bridgehead atoms. The molecule has 4 aromatic rings. The van der Waals surface area contributed by atoms with Crippen LogP contribution in [-0.2, 0) is 13.0 Å². The summed E-state index contributed by atoms with van der Waals surface area (Å²) >= 11 is 0. The van der Waals surface area contributed by atoms with Gasteiger partial charge in [-0.1, -0.05) is 78.9 Å². The maximum atomic E-state index is 13.3. The van der Waals surface area contributed by atoms with Gasteiger partial charge in [0.25, 0.3) is 5.91 Å². The Morgan fingerprint density at radius 3 is 2.24 bits per heavy atom. The molecule has 38 heavy (non-hydrogen) atoms. The molecule has 4 aromatic carbocycles. The molecule has 1 saturated heterocycles. The number of nitrogens with zero attached hydrogens (tertiary/aromatic N) is 1. The van der Waals surface area contributed by atoms with Crippen LogP contribution in [-0.4, -0.2) is 36.5 Å². The first-order chi connectivity index (χ1) is 18.7. The van der Waals surface area contributed by atoms with Crippen LogP contribution in [0, 0.1) is 0 Å². The number of amides is 1. The maximum absolute atomic E-state index is 13.3. The number of carbonyl (C=O) groups excluding carboxylic acids is 1. The highest BCUT2D eigenvalue weighted by molar-refractivity contribution is 6.00. The van der Waals surface area contributed by atoms with Gasteiger partial charge in [0.1, 0.15) is 5.75 Å². The number of para-hydroxylation sites is 1. The fraction of sp³-hybridized carbons (Fsp3) is 0.242. The molecule has 1 aliphatic rings. The van der Waals surface area contributed by atoms with Gasteiger partial charge in [0, 0.05) is 43.9 Å². The Balaban J connectivity index is 1.14. The lowest BCUT2D eigenvalue weighted by Crippen LogP contribution is -2.44. The third kappa shape index (κ3) is 7.24. The van der Waals surface area contributed by atoms with Crippen molar-refractivity contribution in [3.8, 4) is 5.75 Å². The van der Waals surface area contributed by atoms with Gasteiger partial charge in [-0.05, 0) is 48.2 Å². The molecular weight excluding hydrogens is 470 g/mol. The monoisotopic (exact) mass is 505 g/mol. The van der Waals surface area contributed by atoms with E-state index in [0.717, 1.165) is 56.0 Å². The van der Waals surface area contributed by atoms with Gasteiger partial charge in [-0.15, -0.1) is 0 Å². The van der Waals surface area contributed by atoms with Gasteiger partial charge in [0.05, 0.1) is 17.9 Å². The van der Waals surface area contributed by atoms with Crippen LogP contribution in [0.4, 0.5) is 11.4 Å². The molecule has 0 spiro atoms. The van der Waals surface area contributed by atoms with Crippen LogP contribution in [0.3, 0.4) is 0 Å². The van der Waals surface area contributed by atoms with Crippen LogP contribution in [0.1, 0.15) is 34.3 Å². The van der Waals surface area contributed by atoms with E-state index in [9.17, 15) is 4.79 Å². The van der Waals surface area contributed by atoms with Crippen LogP contribution in [0.5, 0.6) is 5.75 Å². The Labute approximate surface area is 225 Å². The van der Waals surface area contributed by atoms with E-state index in [1.807, 2.05) is 66.7 Å². The van der Waals surface area contributed by atoms with E-state index >= 15 is 0 Å². The highest BCUT2D eigenvalue weighted by Gasteiger charge is 2.22. The SMILES string of the molecule is O=C(NC1CCN(Cc2ccccc2)CC1)c1ccccc1Nc1cccc(OCCc2ccccc2)c1. The molecule has 194 valence electrons. The normalized spacial score (nSPS) is 14.1. The second-order valence-electron chi connectivity index (χ2n) is 9.79. The summed E-state index contributed by atoms with van der Waals surface area (Å²) in [7, 11) is 0. The predicted molar refractivity (Wildman–Crippen MR) is 154 cm³/mol. The zero-order chi connectivity index (χ0) is 26.0. The minimum Gasteiger partial charge on any atom is -0.493 e. The van der Waals surface area contributed by atoms with Crippen molar-refractivity contribution in [2.45, 2.75) is 31.8 Å². The number of likely N-dealkylation sites (tertiary alicyclic amines) is 1. The molecule has 5 nitrogen and oxygen atoms in total. The molecule has 0 atom stereocenters. The zero-order valence-corrected chi connectivity index (χ0v) is 21.7. The van der Waals surface area contributed by atoms with Gasteiger partial charge in [0.15, 0.2) is 0 Å². The Hall–Kier alpha value is -4.09. The largest absolute Gasteiger partial charge is 0.493 e. The minimum atomic E-state index is -0.0372. The van der Waals surface area contributed by atoms with Gasteiger partial charge < -0.3 is 15.4 Å². The molecule has 1 amide bonds.